The minimum absolute atomic E-state index is 0.129. The third-order valence-corrected chi connectivity index (χ3v) is 8.99. The molecule has 0 spiro atoms. The number of hydrogen-bond donors (Lipinski definition) is 2. The van der Waals surface area contributed by atoms with E-state index in [9.17, 15) is 27.0 Å². The Hall–Kier alpha value is -2.24. The first-order valence-electron chi connectivity index (χ1n) is 11.2. The first kappa shape index (κ1) is 22.5. The summed E-state index contributed by atoms with van der Waals surface area (Å²) in [7, 11) is -1.06. The average molecular weight is 486 g/mol. The standard InChI is InChI=1S/C21H26F3N5O3S/c22-21(23,24)15-14(16(30)29-1-3-33(32)4-2-29)10-26-18(27-15)28-20-8-12-5-13(9-20)7-19(6-12,11-20)17(25)31/h10,12-13H,1-9,11H2,(H2,25,31)(H,26,27,28). The molecule has 33 heavy (non-hydrogen) atoms. The number of primary amides is 1. The van der Waals surface area contributed by atoms with Crippen molar-refractivity contribution in [3.63, 3.8) is 0 Å². The zero-order valence-corrected chi connectivity index (χ0v) is 18.8. The minimum atomic E-state index is -4.85. The quantitative estimate of drug-likeness (QED) is 0.673. The van der Waals surface area contributed by atoms with E-state index in [0.717, 1.165) is 38.3 Å². The maximum Gasteiger partial charge on any atom is 0.434 e. The van der Waals surface area contributed by atoms with E-state index in [-0.39, 0.29) is 36.5 Å². The smallest absolute Gasteiger partial charge is 0.369 e. The molecule has 1 aromatic rings. The van der Waals surface area contributed by atoms with E-state index in [1.807, 2.05) is 0 Å². The summed E-state index contributed by atoms with van der Waals surface area (Å²) in [5.74, 6) is -0.297. The van der Waals surface area contributed by atoms with Crippen LogP contribution in [0.3, 0.4) is 0 Å². The number of halogens is 3. The van der Waals surface area contributed by atoms with Crippen molar-refractivity contribution >= 4 is 28.6 Å². The van der Waals surface area contributed by atoms with Crippen molar-refractivity contribution in [3.05, 3.63) is 17.5 Å². The number of nitrogens with zero attached hydrogens (tertiary/aromatic N) is 3. The third-order valence-electron chi connectivity index (χ3n) is 7.71. The second-order valence-corrected chi connectivity index (χ2v) is 11.8. The van der Waals surface area contributed by atoms with Crippen molar-refractivity contribution in [1.82, 2.24) is 14.9 Å². The molecule has 2 amide bonds. The summed E-state index contributed by atoms with van der Waals surface area (Å²) < 4.78 is 53.2. The fourth-order valence-electron chi connectivity index (χ4n) is 6.76. The zero-order chi connectivity index (χ0) is 23.6. The van der Waals surface area contributed by atoms with Gasteiger partial charge in [0.15, 0.2) is 5.69 Å². The normalized spacial score (nSPS) is 33.8. The molecule has 2 unspecified atom stereocenters. The van der Waals surface area contributed by atoms with Crippen LogP contribution >= 0.6 is 0 Å². The lowest BCUT2D eigenvalue weighted by atomic mass is 9.46. The van der Waals surface area contributed by atoms with E-state index in [1.165, 1.54) is 4.90 Å². The number of hydrogen-bond acceptors (Lipinski definition) is 6. The molecule has 4 bridgehead atoms. The van der Waals surface area contributed by atoms with Crippen molar-refractivity contribution in [3.8, 4) is 0 Å². The van der Waals surface area contributed by atoms with Gasteiger partial charge < -0.3 is 16.0 Å². The lowest BCUT2D eigenvalue weighted by molar-refractivity contribution is -0.143. The SMILES string of the molecule is NC(=O)C12CC3CC(CC(Nc4ncc(C(=O)N5CCS(=O)CC5)c(C(F)(F)F)n4)(C3)C1)C2. The van der Waals surface area contributed by atoms with E-state index < -0.39 is 45.1 Å². The van der Waals surface area contributed by atoms with Gasteiger partial charge in [-0.15, -0.1) is 0 Å². The van der Waals surface area contributed by atoms with Crippen LogP contribution in [0, 0.1) is 17.3 Å². The van der Waals surface area contributed by atoms with Crippen molar-refractivity contribution < 1.29 is 27.0 Å². The van der Waals surface area contributed by atoms with Crippen LogP contribution in [0.1, 0.15) is 54.6 Å². The molecule has 12 heteroatoms. The van der Waals surface area contributed by atoms with Crippen LogP contribution in [0.5, 0.6) is 0 Å². The van der Waals surface area contributed by atoms with Crippen LogP contribution < -0.4 is 11.1 Å². The van der Waals surface area contributed by atoms with E-state index in [1.54, 1.807) is 0 Å². The number of aromatic nitrogens is 2. The Morgan fingerprint density at radius 1 is 1.15 bits per heavy atom. The number of anilines is 1. The minimum Gasteiger partial charge on any atom is -0.369 e. The molecule has 2 atom stereocenters. The van der Waals surface area contributed by atoms with E-state index in [4.69, 9.17) is 5.73 Å². The van der Waals surface area contributed by atoms with Crippen LogP contribution in [-0.2, 0) is 21.8 Å². The van der Waals surface area contributed by atoms with Crippen molar-refractivity contribution in [2.75, 3.05) is 29.9 Å². The fourth-order valence-corrected chi connectivity index (χ4v) is 7.81. The van der Waals surface area contributed by atoms with Crippen LogP contribution in [-0.4, -0.2) is 61.0 Å². The topological polar surface area (TPSA) is 118 Å². The molecule has 180 valence electrons. The summed E-state index contributed by atoms with van der Waals surface area (Å²) in [6.45, 7) is 0.258. The number of carbonyl (C=O) groups excluding carboxylic acids is 2. The Morgan fingerprint density at radius 3 is 2.36 bits per heavy atom. The lowest BCUT2D eigenvalue weighted by Crippen LogP contribution is -2.62. The van der Waals surface area contributed by atoms with Gasteiger partial charge in [-0.05, 0) is 50.4 Å². The molecule has 8 nitrogen and oxygen atoms in total. The number of nitrogens with two attached hydrogens (primary N) is 1. The summed E-state index contributed by atoms with van der Waals surface area (Å²) in [4.78, 5) is 34.2. The van der Waals surface area contributed by atoms with Gasteiger partial charge in [0.1, 0.15) is 0 Å². The molecule has 5 fully saturated rings. The van der Waals surface area contributed by atoms with Crippen LogP contribution in [0.2, 0.25) is 0 Å². The molecule has 4 aliphatic carbocycles. The Morgan fingerprint density at radius 2 is 1.79 bits per heavy atom. The Bertz CT molecular complexity index is 1010. The van der Waals surface area contributed by atoms with Gasteiger partial charge in [0.2, 0.25) is 11.9 Å². The van der Waals surface area contributed by atoms with E-state index in [2.05, 4.69) is 15.3 Å². The molecule has 3 N–H and O–H groups in total. The summed E-state index contributed by atoms with van der Waals surface area (Å²) in [6, 6.07) is 0. The van der Waals surface area contributed by atoms with Gasteiger partial charge >= 0.3 is 6.18 Å². The Balaban J connectivity index is 1.43. The van der Waals surface area contributed by atoms with Crippen molar-refractivity contribution in [1.29, 1.82) is 0 Å². The second kappa shape index (κ2) is 7.64. The number of amides is 2. The number of rotatable bonds is 4. The number of alkyl halides is 3. The summed E-state index contributed by atoms with van der Waals surface area (Å²) >= 11 is 0. The van der Waals surface area contributed by atoms with Gasteiger partial charge in [0.05, 0.1) is 11.0 Å². The lowest BCUT2D eigenvalue weighted by Gasteiger charge is -2.61. The molecular weight excluding hydrogens is 459 g/mol. The molecular formula is C21H26F3N5O3S. The summed E-state index contributed by atoms with van der Waals surface area (Å²) in [5, 5.41) is 3.14. The molecule has 2 heterocycles. The zero-order valence-electron chi connectivity index (χ0n) is 18.0. The summed E-state index contributed by atoms with van der Waals surface area (Å²) in [6.07, 6.45) is 0.453. The van der Waals surface area contributed by atoms with Gasteiger partial charge in [-0.2, -0.15) is 13.2 Å². The molecule has 0 radical (unpaired) electrons. The van der Waals surface area contributed by atoms with Gasteiger partial charge in [-0.3, -0.25) is 13.8 Å². The predicted octanol–water partition coefficient (Wildman–Crippen LogP) is 1.94. The third kappa shape index (κ3) is 4.00. The van der Waals surface area contributed by atoms with Gasteiger partial charge in [-0.1, -0.05) is 0 Å². The Labute approximate surface area is 191 Å². The maximum atomic E-state index is 13.9. The molecule has 0 aromatic carbocycles. The predicted molar refractivity (Wildman–Crippen MR) is 113 cm³/mol. The van der Waals surface area contributed by atoms with Crippen molar-refractivity contribution in [2.24, 2.45) is 23.0 Å². The monoisotopic (exact) mass is 485 g/mol. The van der Waals surface area contributed by atoms with Crippen LogP contribution in [0.25, 0.3) is 0 Å². The van der Waals surface area contributed by atoms with Crippen LogP contribution in [0.15, 0.2) is 6.20 Å². The molecule has 6 rings (SSSR count). The first-order chi connectivity index (χ1) is 15.5. The first-order valence-corrected chi connectivity index (χ1v) is 12.6. The highest BCUT2D eigenvalue weighted by atomic mass is 32.2. The Kier molecular flexibility index (Phi) is 5.22. The van der Waals surface area contributed by atoms with E-state index in [0.29, 0.717) is 18.3 Å². The van der Waals surface area contributed by atoms with Gasteiger partial charge in [0, 0.05) is 47.1 Å². The highest BCUT2D eigenvalue weighted by molar-refractivity contribution is 7.85. The van der Waals surface area contributed by atoms with E-state index >= 15 is 0 Å². The second-order valence-electron chi connectivity index (χ2n) is 10.1. The fraction of sp³-hybridized carbons (Fsp3) is 0.714. The number of carbonyl (C=O) groups is 2. The number of nitrogens with one attached hydrogen (secondary N) is 1. The molecule has 1 aromatic heterocycles. The largest absolute Gasteiger partial charge is 0.434 e. The highest BCUT2D eigenvalue weighted by Crippen LogP contribution is 2.62. The molecule has 1 saturated heterocycles. The highest BCUT2D eigenvalue weighted by Gasteiger charge is 2.60. The average Bonchev–Trinajstić information content (AvgIpc) is 2.72. The molecule has 5 aliphatic rings. The van der Waals surface area contributed by atoms with Crippen LogP contribution in [0.4, 0.5) is 19.1 Å². The van der Waals surface area contributed by atoms with Crippen molar-refractivity contribution in [2.45, 2.75) is 50.2 Å². The van der Waals surface area contributed by atoms with Gasteiger partial charge in [0.25, 0.3) is 5.91 Å². The summed E-state index contributed by atoms with van der Waals surface area (Å²) in [5.41, 5.74) is 2.64. The molecule has 1 aliphatic heterocycles. The molecule has 4 saturated carbocycles. The van der Waals surface area contributed by atoms with Gasteiger partial charge in [-0.25, -0.2) is 9.97 Å². The maximum absolute atomic E-state index is 13.9.